The van der Waals surface area contributed by atoms with Crippen LogP contribution in [-0.4, -0.2) is 38.3 Å². The molecule has 0 fully saturated rings. The third-order valence-corrected chi connectivity index (χ3v) is 4.72. The number of benzene rings is 2. The number of carbonyl (C=O) groups is 2. The maximum absolute atomic E-state index is 12.0. The number of rotatable bonds is 9. The molecule has 0 bridgehead atoms. The zero-order valence-electron chi connectivity index (χ0n) is 18.0. The van der Waals surface area contributed by atoms with Gasteiger partial charge in [-0.15, -0.1) is 0 Å². The minimum atomic E-state index is -0.614. The topological polar surface area (TPSA) is 83.1 Å². The summed E-state index contributed by atoms with van der Waals surface area (Å²) in [5, 5.41) is 2.71. The number of fused-ring (bicyclic) bond motifs is 1. The van der Waals surface area contributed by atoms with Crippen LogP contribution in [0.15, 0.2) is 42.5 Å². The van der Waals surface area contributed by atoms with Crippen LogP contribution in [-0.2, 0) is 27.3 Å². The molecule has 0 saturated carbocycles. The molecule has 31 heavy (non-hydrogen) atoms. The van der Waals surface area contributed by atoms with Crippen molar-refractivity contribution in [1.82, 2.24) is 5.32 Å². The van der Waals surface area contributed by atoms with Gasteiger partial charge in [-0.2, -0.15) is 0 Å². The Labute approximate surface area is 181 Å². The molecule has 164 valence electrons. The van der Waals surface area contributed by atoms with Crippen molar-refractivity contribution in [2.24, 2.45) is 0 Å². The first kappa shape index (κ1) is 22.2. The minimum Gasteiger partial charge on any atom is -0.497 e. The van der Waals surface area contributed by atoms with Crippen molar-refractivity contribution >= 4 is 18.0 Å². The Hall–Kier alpha value is -3.48. The quantitative estimate of drug-likeness (QED) is 0.490. The van der Waals surface area contributed by atoms with E-state index >= 15 is 0 Å². The second-order valence-corrected chi connectivity index (χ2v) is 7.13. The van der Waals surface area contributed by atoms with Gasteiger partial charge in [-0.1, -0.05) is 12.1 Å². The Kier molecular flexibility index (Phi) is 7.54. The van der Waals surface area contributed by atoms with E-state index in [0.29, 0.717) is 18.9 Å². The fraction of sp³-hybridized carbons (Fsp3) is 0.333. The second-order valence-electron chi connectivity index (χ2n) is 7.13. The van der Waals surface area contributed by atoms with E-state index in [1.165, 1.54) is 6.08 Å². The fourth-order valence-electron chi connectivity index (χ4n) is 3.20. The van der Waals surface area contributed by atoms with Crippen molar-refractivity contribution in [1.29, 1.82) is 0 Å². The molecule has 1 atom stereocenters. The van der Waals surface area contributed by atoms with Crippen LogP contribution in [0.1, 0.15) is 30.5 Å². The predicted molar refractivity (Wildman–Crippen MR) is 116 cm³/mol. The number of ether oxygens (including phenoxy) is 4. The molecule has 2 aromatic rings. The molecule has 1 heterocycles. The summed E-state index contributed by atoms with van der Waals surface area (Å²) in [6.07, 6.45) is 3.83. The normalized spacial score (nSPS) is 14.6. The van der Waals surface area contributed by atoms with Gasteiger partial charge in [0.25, 0.3) is 5.91 Å². The molecule has 1 aliphatic rings. The Morgan fingerprint density at radius 1 is 1.23 bits per heavy atom. The molecule has 0 saturated heterocycles. The average Bonchev–Trinajstić information content (AvgIpc) is 3.13. The maximum Gasteiger partial charge on any atom is 0.331 e. The Balaban J connectivity index is 1.51. The van der Waals surface area contributed by atoms with Crippen molar-refractivity contribution in [3.05, 3.63) is 59.2 Å². The number of hydrogen-bond donors (Lipinski definition) is 1. The fourth-order valence-corrected chi connectivity index (χ4v) is 3.20. The lowest BCUT2D eigenvalue weighted by molar-refractivity contribution is -0.143. The molecule has 1 aliphatic heterocycles. The second kappa shape index (κ2) is 10.5. The molecule has 0 radical (unpaired) electrons. The molecule has 7 heteroatoms. The number of esters is 1. The SMILES string of the molecule is CCOc1cc2c(cc1/C=C/C(=O)OCC(=O)NCc1ccc(OC)cc1)O[C@@H](C)C2. The van der Waals surface area contributed by atoms with Crippen LogP contribution < -0.4 is 19.5 Å². The van der Waals surface area contributed by atoms with Crippen molar-refractivity contribution in [2.75, 3.05) is 20.3 Å². The van der Waals surface area contributed by atoms with Crippen molar-refractivity contribution in [3.63, 3.8) is 0 Å². The summed E-state index contributed by atoms with van der Waals surface area (Å²) in [7, 11) is 1.59. The summed E-state index contributed by atoms with van der Waals surface area (Å²) in [6, 6.07) is 11.1. The first-order chi connectivity index (χ1) is 15.0. The minimum absolute atomic E-state index is 0.116. The molecule has 0 aliphatic carbocycles. The van der Waals surface area contributed by atoms with Gasteiger partial charge in [0, 0.05) is 30.2 Å². The van der Waals surface area contributed by atoms with Gasteiger partial charge in [-0.05, 0) is 49.8 Å². The Morgan fingerprint density at radius 3 is 2.71 bits per heavy atom. The summed E-state index contributed by atoms with van der Waals surface area (Å²) in [6.45, 7) is 4.39. The first-order valence-corrected chi connectivity index (χ1v) is 10.2. The van der Waals surface area contributed by atoms with Crippen LogP contribution in [0.25, 0.3) is 6.08 Å². The Morgan fingerprint density at radius 2 is 2.00 bits per heavy atom. The number of hydrogen-bond acceptors (Lipinski definition) is 6. The molecule has 7 nitrogen and oxygen atoms in total. The molecule has 0 unspecified atom stereocenters. The van der Waals surface area contributed by atoms with Crippen LogP contribution in [0.4, 0.5) is 0 Å². The van der Waals surface area contributed by atoms with Crippen molar-refractivity contribution in [3.8, 4) is 17.2 Å². The van der Waals surface area contributed by atoms with Gasteiger partial charge in [0.15, 0.2) is 6.61 Å². The third kappa shape index (κ3) is 6.25. The Bertz CT molecular complexity index is 951. The monoisotopic (exact) mass is 425 g/mol. The molecule has 0 aromatic heterocycles. The number of carbonyl (C=O) groups excluding carboxylic acids is 2. The van der Waals surface area contributed by atoms with Crippen LogP contribution in [0, 0.1) is 0 Å². The highest BCUT2D eigenvalue weighted by Gasteiger charge is 2.21. The van der Waals surface area contributed by atoms with E-state index < -0.39 is 5.97 Å². The molecular formula is C24H27NO6. The molecule has 3 rings (SSSR count). The number of methoxy groups -OCH3 is 1. The number of amides is 1. The van der Waals surface area contributed by atoms with Gasteiger partial charge in [-0.25, -0.2) is 4.79 Å². The van der Waals surface area contributed by atoms with Crippen LogP contribution in [0.3, 0.4) is 0 Å². The van der Waals surface area contributed by atoms with Gasteiger partial charge in [0.1, 0.15) is 23.4 Å². The van der Waals surface area contributed by atoms with E-state index in [1.807, 2.05) is 50.2 Å². The lowest BCUT2D eigenvalue weighted by Crippen LogP contribution is -2.28. The summed E-state index contributed by atoms with van der Waals surface area (Å²) in [5.74, 6) is 1.22. The van der Waals surface area contributed by atoms with E-state index in [9.17, 15) is 9.59 Å². The van der Waals surface area contributed by atoms with Crippen LogP contribution in [0.5, 0.6) is 17.2 Å². The lowest BCUT2D eigenvalue weighted by Gasteiger charge is -2.10. The van der Waals surface area contributed by atoms with Crippen LogP contribution in [0.2, 0.25) is 0 Å². The zero-order valence-corrected chi connectivity index (χ0v) is 18.0. The highest BCUT2D eigenvalue weighted by molar-refractivity contribution is 5.89. The van der Waals surface area contributed by atoms with E-state index in [1.54, 1.807) is 13.2 Å². The summed E-state index contributed by atoms with van der Waals surface area (Å²) in [4.78, 5) is 24.0. The average molecular weight is 425 g/mol. The molecule has 2 aromatic carbocycles. The highest BCUT2D eigenvalue weighted by atomic mass is 16.5. The predicted octanol–water partition coefficient (Wildman–Crippen LogP) is 3.29. The van der Waals surface area contributed by atoms with E-state index in [4.69, 9.17) is 18.9 Å². The lowest BCUT2D eigenvalue weighted by atomic mass is 10.1. The zero-order chi connectivity index (χ0) is 22.2. The van der Waals surface area contributed by atoms with Gasteiger partial charge < -0.3 is 24.3 Å². The van der Waals surface area contributed by atoms with Gasteiger partial charge in [0.2, 0.25) is 0 Å². The van der Waals surface area contributed by atoms with E-state index in [2.05, 4.69) is 5.32 Å². The van der Waals surface area contributed by atoms with Crippen molar-refractivity contribution < 1.29 is 28.5 Å². The molecule has 1 N–H and O–H groups in total. The molecule has 1 amide bonds. The molecular weight excluding hydrogens is 398 g/mol. The van der Waals surface area contributed by atoms with Gasteiger partial charge in [0.05, 0.1) is 13.7 Å². The van der Waals surface area contributed by atoms with Crippen LogP contribution >= 0.6 is 0 Å². The third-order valence-electron chi connectivity index (χ3n) is 4.72. The number of nitrogens with one attached hydrogen (secondary N) is 1. The standard InChI is InChI=1S/C24H27NO6/c1-4-29-21-13-19-11-16(2)31-22(19)12-18(21)7-10-24(27)30-15-23(26)25-14-17-5-8-20(28-3)9-6-17/h5-10,12-13,16H,4,11,14-15H2,1-3H3,(H,25,26)/b10-7+/t16-/m0/s1. The van der Waals surface area contributed by atoms with Crippen molar-refractivity contribution in [2.45, 2.75) is 32.9 Å². The summed E-state index contributed by atoms with van der Waals surface area (Å²) < 4.78 is 21.6. The smallest absolute Gasteiger partial charge is 0.331 e. The summed E-state index contributed by atoms with van der Waals surface area (Å²) in [5.41, 5.74) is 2.72. The summed E-state index contributed by atoms with van der Waals surface area (Å²) >= 11 is 0. The first-order valence-electron chi connectivity index (χ1n) is 10.2. The maximum atomic E-state index is 12.0. The van der Waals surface area contributed by atoms with Gasteiger partial charge >= 0.3 is 5.97 Å². The van der Waals surface area contributed by atoms with Gasteiger partial charge in [-0.3, -0.25) is 4.79 Å². The van der Waals surface area contributed by atoms with E-state index in [-0.39, 0.29) is 18.6 Å². The van der Waals surface area contributed by atoms with E-state index in [0.717, 1.165) is 34.6 Å². The largest absolute Gasteiger partial charge is 0.497 e. The highest BCUT2D eigenvalue weighted by Crippen LogP contribution is 2.35. The molecule has 0 spiro atoms.